The number of aliphatic hydroxyl groups is 2. The van der Waals surface area contributed by atoms with Crippen molar-refractivity contribution in [1.82, 2.24) is 49.9 Å². The number of esters is 1. The van der Waals surface area contributed by atoms with Gasteiger partial charge in [-0.05, 0) is 138 Å². The van der Waals surface area contributed by atoms with Gasteiger partial charge in [-0.1, -0.05) is 76.3 Å². The number of ketones is 3. The Balaban J connectivity index is 0.801. The number of carbonyl (C=O) groups excluding carboxylic acids is 6. The Bertz CT molecular complexity index is 3800. The molecule has 1 unspecified atom stereocenters. The van der Waals surface area contributed by atoms with Crippen molar-refractivity contribution >= 4 is 69.1 Å². The molecular weight excluding hydrogens is 1300 g/mol. The third-order valence-electron chi connectivity index (χ3n) is 20.7. The molecular formula is C74H104N12O15. The first kappa shape index (κ1) is 77.2. The zero-order chi connectivity index (χ0) is 72.7. The van der Waals surface area contributed by atoms with Crippen LogP contribution in [0, 0.1) is 35.5 Å². The summed E-state index contributed by atoms with van der Waals surface area (Å²) in [7, 11) is 4.61. The third kappa shape index (κ3) is 19.4. The highest BCUT2D eigenvalue weighted by atomic mass is 16.6. The lowest BCUT2D eigenvalue weighted by Crippen LogP contribution is -2.61. The number of nitrogens with zero attached hydrogens (tertiary/aromatic N) is 9. The highest BCUT2D eigenvalue weighted by molar-refractivity contribution is 6.39. The summed E-state index contributed by atoms with van der Waals surface area (Å²) in [6, 6.07) is 4.21. The SMILES string of the molecule is CO[C@H]1C[C@@H]2CC[C@@H](C)[C@@](O)(O2)C(=O)C(=O)N2CCCC[C@H]2C(=O)O[C@H]([C@H](C)C[C@@H]2CC[C@H](n3cc(CCOCCC(=O)NCCCCn4nc(-c5ccc6oc(N)nc6c5)c5c(N)ncnc54)nn3)[C@H](OC)C2)CC(=O)C(C)/C=C(\C)[C@@H](O)[C@@H](OC)C(=O)[C@H](C)C[C@H](C)/C=C/C=C/C=C/1C. The Morgan fingerprint density at radius 3 is 2.48 bits per heavy atom. The number of carbonyl (C=O) groups is 6. The molecule has 1 aliphatic carbocycles. The number of piperidine rings is 1. The zero-order valence-corrected chi connectivity index (χ0v) is 60.2. The van der Waals surface area contributed by atoms with Gasteiger partial charge in [-0.25, -0.2) is 24.1 Å². The number of unbranched alkanes of at least 4 members (excludes halogenated alkanes) is 1. The molecule has 0 spiro atoms. The number of allylic oxidation sites excluding steroid dienone is 6. The molecule has 7 heterocycles. The van der Waals surface area contributed by atoms with E-state index in [9.17, 15) is 39.0 Å². The molecule has 3 fully saturated rings. The minimum absolute atomic E-state index is 0.00938. The van der Waals surface area contributed by atoms with Gasteiger partial charge in [-0.3, -0.25) is 24.0 Å². The number of aliphatic hydroxyl groups excluding tert-OH is 1. The van der Waals surface area contributed by atoms with Crippen molar-refractivity contribution in [2.45, 2.75) is 212 Å². The number of cyclic esters (lactones) is 1. The predicted molar refractivity (Wildman–Crippen MR) is 377 cm³/mol. The van der Waals surface area contributed by atoms with Crippen molar-refractivity contribution in [2.75, 3.05) is 59.1 Å². The third-order valence-corrected chi connectivity index (χ3v) is 20.7. The smallest absolute Gasteiger partial charge is 0.329 e. The van der Waals surface area contributed by atoms with Crippen molar-refractivity contribution < 1.29 is 71.8 Å². The fourth-order valence-electron chi connectivity index (χ4n) is 14.6. The monoisotopic (exact) mass is 1400 g/mol. The minimum Gasteiger partial charge on any atom is -0.460 e. The van der Waals surface area contributed by atoms with E-state index in [0.717, 1.165) is 23.3 Å². The van der Waals surface area contributed by atoms with Crippen molar-refractivity contribution in [1.29, 1.82) is 0 Å². The van der Waals surface area contributed by atoms with Crippen LogP contribution in [0.3, 0.4) is 0 Å². The number of fused-ring (bicyclic) bond motifs is 5. The lowest BCUT2D eigenvalue weighted by molar-refractivity contribution is -0.265. The van der Waals surface area contributed by atoms with E-state index in [1.807, 2.05) is 81.1 Å². The van der Waals surface area contributed by atoms with Crippen LogP contribution in [0.5, 0.6) is 0 Å². The average molecular weight is 1400 g/mol. The number of nitrogens with two attached hydrogens (primary N) is 2. The van der Waals surface area contributed by atoms with Crippen LogP contribution >= 0.6 is 0 Å². The van der Waals surface area contributed by atoms with E-state index in [2.05, 4.69) is 30.6 Å². The number of hydrogen-bond acceptors (Lipinski definition) is 23. The number of ether oxygens (including phenoxy) is 6. The summed E-state index contributed by atoms with van der Waals surface area (Å²) in [6.45, 7) is 14.3. The molecule has 5 aromatic rings. The van der Waals surface area contributed by atoms with E-state index in [4.69, 9.17) is 49.4 Å². The second-order valence-electron chi connectivity index (χ2n) is 28.2. The molecule has 7 N–H and O–H groups in total. The maximum atomic E-state index is 14.8. The summed E-state index contributed by atoms with van der Waals surface area (Å²) in [5.41, 5.74) is 17.2. The van der Waals surface area contributed by atoms with Gasteiger partial charge >= 0.3 is 5.97 Å². The number of nitrogen functional groups attached to an aromatic ring is 2. The number of amides is 2. The number of Topliss-reactive ketones (excluding diaryl/α,β-unsaturated/α-hetero) is 3. The second kappa shape index (κ2) is 35.8. The van der Waals surface area contributed by atoms with Crippen molar-refractivity contribution in [3.05, 3.63) is 84.0 Å². The van der Waals surface area contributed by atoms with Crippen molar-refractivity contribution in [3.63, 3.8) is 0 Å². The first-order valence-corrected chi connectivity index (χ1v) is 35.8. The molecule has 2 amide bonds. The van der Waals surface area contributed by atoms with Crippen LogP contribution < -0.4 is 16.8 Å². The Hall–Kier alpha value is -7.92. The highest BCUT2D eigenvalue weighted by Crippen LogP contribution is 2.41. The van der Waals surface area contributed by atoms with Gasteiger partial charge in [-0.2, -0.15) is 10.1 Å². The van der Waals surface area contributed by atoms with Crippen LogP contribution in [0.25, 0.3) is 33.4 Å². The van der Waals surface area contributed by atoms with E-state index in [-0.39, 0.29) is 79.9 Å². The molecule has 27 heteroatoms. The summed E-state index contributed by atoms with van der Waals surface area (Å²) in [4.78, 5) is 99.2. The number of hydrogen-bond donors (Lipinski definition) is 5. The van der Waals surface area contributed by atoms with Crippen LogP contribution in [-0.2, 0) is 70.2 Å². The lowest BCUT2D eigenvalue weighted by Gasteiger charge is -2.42. The van der Waals surface area contributed by atoms with Crippen LogP contribution in [0.2, 0.25) is 0 Å². The Labute approximate surface area is 590 Å². The van der Waals surface area contributed by atoms with Crippen LogP contribution in [0.4, 0.5) is 11.8 Å². The van der Waals surface area contributed by atoms with E-state index in [1.54, 1.807) is 51.8 Å². The summed E-state index contributed by atoms with van der Waals surface area (Å²) < 4.78 is 45.3. The van der Waals surface area contributed by atoms with E-state index < -0.39 is 83.7 Å². The topological polar surface area (TPSA) is 366 Å². The summed E-state index contributed by atoms with van der Waals surface area (Å²) in [5, 5.41) is 41.2. The van der Waals surface area contributed by atoms with E-state index in [0.29, 0.717) is 136 Å². The molecule has 9 rings (SSSR count). The average Bonchev–Trinajstić information content (AvgIpc) is 1.61. The molecule has 4 aliphatic rings. The minimum atomic E-state index is -2.47. The second-order valence-corrected chi connectivity index (χ2v) is 28.2. The van der Waals surface area contributed by atoms with Crippen LogP contribution in [0.1, 0.15) is 157 Å². The summed E-state index contributed by atoms with van der Waals surface area (Å²) in [6.07, 6.45) is 16.9. The van der Waals surface area contributed by atoms with Gasteiger partial charge in [0.2, 0.25) is 11.7 Å². The normalized spacial score (nSPS) is 30.3. The molecule has 15 atom stereocenters. The molecule has 1 saturated carbocycles. The molecule has 1 aromatic carbocycles. The molecule has 2 saturated heterocycles. The number of anilines is 2. The van der Waals surface area contributed by atoms with Gasteiger partial charge in [-0.15, -0.1) is 5.10 Å². The van der Waals surface area contributed by atoms with Gasteiger partial charge in [0.05, 0.1) is 48.6 Å². The number of methoxy groups -OCH3 is 3. The standard InChI is InChI=1S/C74H104N12O15/c1-43-18-12-11-13-19-44(2)59(95-8)39-53-24-21-49(7)74(94,101-53)68(91)71(92)84-30-16-14-20-56(84)72(93)99-60(40-57(87)45(3)35-48(6)66(90)67(97-10)65(89)47(5)34-43)46(4)36-50-22-25-55(61(37-50)96-9)86-41-52(81-83-86)27-32-98-33-28-62(88)77-29-15-17-31-85-70-63(69(75)78-42-79-70)64(82-85)51-23-26-58-54(38-51)80-73(76)100-58/h11-13,18-19,23,26,35,38,41-43,45-47,49-50,53,55-56,59-61,66-67,90,94H,14-17,20-22,24-25,27-34,36-37,39-40H2,1-10H3,(H2,76,80)(H,77,88)(H2,75,78,79)/b13-11+,18-12+,44-19+,48-35+/t43-,45?,46-,47-,49-,50+,53+,55+,56+,59+,60+,61-,66-,67+,74-/m1/s1. The van der Waals surface area contributed by atoms with Gasteiger partial charge in [0.15, 0.2) is 17.0 Å². The van der Waals surface area contributed by atoms with E-state index >= 15 is 0 Å². The molecule has 4 aromatic heterocycles. The summed E-state index contributed by atoms with van der Waals surface area (Å²) in [5.74, 6) is -8.18. The first-order chi connectivity index (χ1) is 48.4. The Kier molecular flexibility index (Phi) is 27.4. The predicted octanol–water partition coefficient (Wildman–Crippen LogP) is 8.31. The fourth-order valence-corrected chi connectivity index (χ4v) is 14.6. The van der Waals surface area contributed by atoms with Gasteiger partial charge in [0, 0.05) is 96.2 Å². The molecule has 101 heavy (non-hydrogen) atoms. The van der Waals surface area contributed by atoms with Gasteiger partial charge in [0.25, 0.3) is 17.7 Å². The lowest BCUT2D eigenvalue weighted by atomic mass is 9.77. The molecule has 550 valence electrons. The van der Waals surface area contributed by atoms with Crippen molar-refractivity contribution in [2.24, 2.45) is 35.5 Å². The highest BCUT2D eigenvalue weighted by Gasteiger charge is 2.53. The van der Waals surface area contributed by atoms with Crippen LogP contribution in [-0.4, -0.2) is 186 Å². The van der Waals surface area contributed by atoms with Gasteiger partial charge < -0.3 is 64.7 Å². The molecule has 27 nitrogen and oxygen atoms in total. The number of aryl methyl sites for hydroxylation is 1. The molecule has 3 aliphatic heterocycles. The van der Waals surface area contributed by atoms with E-state index in [1.165, 1.54) is 18.3 Å². The number of nitrogens with one attached hydrogen (secondary N) is 1. The number of benzene rings is 1. The largest absolute Gasteiger partial charge is 0.460 e. The number of rotatable bonds is 19. The number of oxazole rings is 1. The molecule has 0 radical (unpaired) electrons. The van der Waals surface area contributed by atoms with Crippen LogP contribution in [0.15, 0.2) is 82.7 Å². The molecule has 2 bridgehead atoms. The summed E-state index contributed by atoms with van der Waals surface area (Å²) >= 11 is 0. The quantitative estimate of drug-likeness (QED) is 0.0224. The maximum absolute atomic E-state index is 14.8. The Morgan fingerprint density at radius 2 is 1.70 bits per heavy atom. The first-order valence-electron chi connectivity index (χ1n) is 35.8. The fraction of sp³-hybridized carbons (Fsp3) is 0.622. The number of aromatic nitrogens is 8. The zero-order valence-electron chi connectivity index (χ0n) is 60.2. The van der Waals surface area contributed by atoms with Crippen molar-refractivity contribution in [3.8, 4) is 11.3 Å². The van der Waals surface area contributed by atoms with Gasteiger partial charge in [0.1, 0.15) is 53.5 Å². The Morgan fingerprint density at radius 1 is 0.901 bits per heavy atom. The maximum Gasteiger partial charge on any atom is 0.329 e.